The summed E-state index contributed by atoms with van der Waals surface area (Å²) >= 11 is 0. The number of aromatic amines is 1. The minimum Gasteiger partial charge on any atom is -0.344 e. The number of aryl methyl sites for hydroxylation is 2. The summed E-state index contributed by atoms with van der Waals surface area (Å²) in [5.41, 5.74) is 4.71. The molecule has 1 unspecified atom stereocenters. The molecule has 1 aromatic heterocycles. The van der Waals surface area contributed by atoms with Gasteiger partial charge in [-0.05, 0) is 38.5 Å². The van der Waals surface area contributed by atoms with Crippen LogP contribution in [0.2, 0.25) is 0 Å². The normalized spacial score (nSPS) is 12.3. The van der Waals surface area contributed by atoms with E-state index in [9.17, 15) is 4.79 Å². The van der Waals surface area contributed by atoms with E-state index in [1.54, 1.807) is 0 Å². The van der Waals surface area contributed by atoms with Gasteiger partial charge >= 0.3 is 0 Å². The molecule has 112 valence electrons. The van der Waals surface area contributed by atoms with Gasteiger partial charge in [0.15, 0.2) is 5.69 Å². The summed E-state index contributed by atoms with van der Waals surface area (Å²) in [7, 11) is 0. The number of rotatable bonds is 3. The summed E-state index contributed by atoms with van der Waals surface area (Å²) in [5.74, 6) is -0.162. The third-order valence-electron chi connectivity index (χ3n) is 3.86. The van der Waals surface area contributed by atoms with Crippen LogP contribution in [0.15, 0.2) is 42.5 Å². The first kappa shape index (κ1) is 14.3. The Hall–Kier alpha value is -2.62. The average molecular weight is 293 g/mol. The summed E-state index contributed by atoms with van der Waals surface area (Å²) in [6.07, 6.45) is 0. The largest absolute Gasteiger partial charge is 0.344 e. The van der Waals surface area contributed by atoms with E-state index in [0.29, 0.717) is 5.69 Å². The smallest absolute Gasteiger partial charge is 0.272 e. The zero-order valence-corrected chi connectivity index (χ0v) is 13.0. The molecule has 2 aromatic carbocycles. The van der Waals surface area contributed by atoms with Crippen LogP contribution in [-0.4, -0.2) is 16.1 Å². The van der Waals surface area contributed by atoms with Crippen LogP contribution in [-0.2, 0) is 0 Å². The predicted molar refractivity (Wildman–Crippen MR) is 87.9 cm³/mol. The van der Waals surface area contributed by atoms with Crippen LogP contribution in [0.5, 0.6) is 0 Å². The Morgan fingerprint density at radius 1 is 1.09 bits per heavy atom. The Kier molecular flexibility index (Phi) is 3.67. The van der Waals surface area contributed by atoms with Gasteiger partial charge in [-0.3, -0.25) is 9.89 Å². The highest BCUT2D eigenvalue weighted by Gasteiger charge is 2.17. The molecule has 0 spiro atoms. The molecule has 0 bridgehead atoms. The average Bonchev–Trinajstić information content (AvgIpc) is 2.90. The van der Waals surface area contributed by atoms with Gasteiger partial charge in [0.2, 0.25) is 0 Å². The maximum Gasteiger partial charge on any atom is 0.272 e. The quantitative estimate of drug-likeness (QED) is 0.774. The minimum absolute atomic E-state index is 0.0651. The highest BCUT2D eigenvalue weighted by atomic mass is 16.2. The van der Waals surface area contributed by atoms with E-state index in [2.05, 4.69) is 15.5 Å². The fourth-order valence-electron chi connectivity index (χ4n) is 2.50. The first-order valence-electron chi connectivity index (χ1n) is 7.37. The van der Waals surface area contributed by atoms with Crippen LogP contribution < -0.4 is 5.32 Å². The lowest BCUT2D eigenvalue weighted by atomic mass is 10.1. The SMILES string of the molecule is Cc1ccc(C(C)NC(=O)c2n[nH]c3ccc(C)cc23)cc1. The van der Waals surface area contributed by atoms with Crippen molar-refractivity contribution in [3.8, 4) is 0 Å². The molecule has 3 rings (SSSR count). The predicted octanol–water partition coefficient (Wildman–Crippen LogP) is 3.67. The molecule has 1 amide bonds. The molecular formula is C18H19N3O. The van der Waals surface area contributed by atoms with E-state index >= 15 is 0 Å². The zero-order chi connectivity index (χ0) is 15.7. The number of hydrogen-bond donors (Lipinski definition) is 2. The number of fused-ring (bicyclic) bond motifs is 1. The molecule has 22 heavy (non-hydrogen) atoms. The third kappa shape index (κ3) is 2.72. The van der Waals surface area contributed by atoms with Crippen molar-refractivity contribution in [3.63, 3.8) is 0 Å². The van der Waals surface area contributed by atoms with Crippen molar-refractivity contribution >= 4 is 16.8 Å². The van der Waals surface area contributed by atoms with E-state index < -0.39 is 0 Å². The molecule has 1 atom stereocenters. The molecule has 0 aliphatic rings. The first-order valence-corrected chi connectivity index (χ1v) is 7.37. The number of hydrogen-bond acceptors (Lipinski definition) is 2. The van der Waals surface area contributed by atoms with Crippen LogP contribution >= 0.6 is 0 Å². The van der Waals surface area contributed by atoms with Gasteiger partial charge in [-0.15, -0.1) is 0 Å². The maximum atomic E-state index is 12.5. The first-order chi connectivity index (χ1) is 10.5. The van der Waals surface area contributed by atoms with Crippen LogP contribution in [0.25, 0.3) is 10.9 Å². The number of nitrogens with one attached hydrogen (secondary N) is 2. The van der Waals surface area contributed by atoms with Crippen LogP contribution in [0, 0.1) is 13.8 Å². The molecular weight excluding hydrogens is 274 g/mol. The lowest BCUT2D eigenvalue weighted by Crippen LogP contribution is -2.27. The molecule has 0 aliphatic heterocycles. The Labute approximate surface area is 129 Å². The summed E-state index contributed by atoms with van der Waals surface area (Å²) in [4.78, 5) is 12.5. The molecule has 0 aliphatic carbocycles. The highest BCUT2D eigenvalue weighted by Crippen LogP contribution is 2.19. The summed E-state index contributed by atoms with van der Waals surface area (Å²) < 4.78 is 0. The molecule has 3 aromatic rings. The van der Waals surface area contributed by atoms with E-state index in [1.807, 2.05) is 63.2 Å². The zero-order valence-electron chi connectivity index (χ0n) is 13.0. The van der Waals surface area contributed by atoms with Crippen LogP contribution in [0.3, 0.4) is 0 Å². The van der Waals surface area contributed by atoms with Crippen molar-refractivity contribution in [2.75, 3.05) is 0 Å². The highest BCUT2D eigenvalue weighted by molar-refractivity contribution is 6.04. The number of benzene rings is 2. The van der Waals surface area contributed by atoms with E-state index in [-0.39, 0.29) is 11.9 Å². The van der Waals surface area contributed by atoms with Gasteiger partial charge in [-0.1, -0.05) is 41.5 Å². The Bertz CT molecular complexity index is 818. The van der Waals surface area contributed by atoms with Gasteiger partial charge in [0.05, 0.1) is 11.6 Å². The lowest BCUT2D eigenvalue weighted by molar-refractivity contribution is 0.0936. The molecule has 0 saturated heterocycles. The summed E-state index contributed by atoms with van der Waals surface area (Å²) in [6.45, 7) is 6.02. The number of amides is 1. The van der Waals surface area contributed by atoms with Gasteiger partial charge in [-0.2, -0.15) is 5.10 Å². The van der Waals surface area contributed by atoms with Crippen molar-refractivity contribution in [1.29, 1.82) is 0 Å². The second kappa shape index (κ2) is 5.64. The van der Waals surface area contributed by atoms with Crippen molar-refractivity contribution in [3.05, 3.63) is 64.8 Å². The number of aromatic nitrogens is 2. The summed E-state index contributed by atoms with van der Waals surface area (Å²) in [5, 5.41) is 10.9. The fourth-order valence-corrected chi connectivity index (χ4v) is 2.50. The molecule has 0 saturated carbocycles. The van der Waals surface area contributed by atoms with Gasteiger partial charge in [0.1, 0.15) is 0 Å². The molecule has 4 nitrogen and oxygen atoms in total. The standard InChI is InChI=1S/C18H19N3O/c1-11-4-7-14(8-5-11)13(3)19-18(22)17-15-10-12(2)6-9-16(15)20-21-17/h4-10,13H,1-3H3,(H,19,22)(H,20,21). The minimum atomic E-state index is -0.162. The number of carbonyl (C=O) groups is 1. The maximum absolute atomic E-state index is 12.5. The molecule has 1 heterocycles. The van der Waals surface area contributed by atoms with E-state index in [0.717, 1.165) is 22.0 Å². The number of carbonyl (C=O) groups excluding carboxylic acids is 1. The third-order valence-corrected chi connectivity index (χ3v) is 3.86. The Balaban J connectivity index is 1.84. The van der Waals surface area contributed by atoms with E-state index in [1.165, 1.54) is 5.56 Å². The molecule has 2 N–H and O–H groups in total. The number of H-pyrrole nitrogens is 1. The van der Waals surface area contributed by atoms with Crippen molar-refractivity contribution in [2.45, 2.75) is 26.8 Å². The van der Waals surface area contributed by atoms with Crippen LogP contribution in [0.4, 0.5) is 0 Å². The van der Waals surface area contributed by atoms with Crippen molar-refractivity contribution in [2.24, 2.45) is 0 Å². The van der Waals surface area contributed by atoms with Gasteiger partial charge in [0, 0.05) is 5.39 Å². The topological polar surface area (TPSA) is 57.8 Å². The monoisotopic (exact) mass is 293 g/mol. The Morgan fingerprint density at radius 2 is 1.77 bits per heavy atom. The van der Waals surface area contributed by atoms with Gasteiger partial charge < -0.3 is 5.32 Å². The van der Waals surface area contributed by atoms with Crippen LogP contribution in [0.1, 0.15) is 40.1 Å². The second-order valence-electron chi connectivity index (χ2n) is 5.73. The Morgan fingerprint density at radius 3 is 2.50 bits per heavy atom. The molecule has 4 heteroatoms. The molecule has 0 fully saturated rings. The van der Waals surface area contributed by atoms with Crippen molar-refractivity contribution in [1.82, 2.24) is 15.5 Å². The van der Waals surface area contributed by atoms with Crippen molar-refractivity contribution < 1.29 is 4.79 Å². The van der Waals surface area contributed by atoms with Gasteiger partial charge in [0.25, 0.3) is 5.91 Å². The van der Waals surface area contributed by atoms with Gasteiger partial charge in [-0.25, -0.2) is 0 Å². The number of nitrogens with zero attached hydrogens (tertiary/aromatic N) is 1. The lowest BCUT2D eigenvalue weighted by Gasteiger charge is -2.13. The second-order valence-corrected chi connectivity index (χ2v) is 5.73. The van der Waals surface area contributed by atoms with E-state index in [4.69, 9.17) is 0 Å². The summed E-state index contributed by atoms with van der Waals surface area (Å²) in [6, 6.07) is 14.0. The molecule has 0 radical (unpaired) electrons. The fraction of sp³-hybridized carbons (Fsp3) is 0.222.